The van der Waals surface area contributed by atoms with Crippen molar-refractivity contribution < 1.29 is 0 Å². The van der Waals surface area contributed by atoms with Crippen LogP contribution in [-0.4, -0.2) is 15.0 Å². The number of anilines is 2. The van der Waals surface area contributed by atoms with E-state index in [2.05, 4.69) is 15.3 Å². The van der Waals surface area contributed by atoms with E-state index in [-0.39, 0.29) is 0 Å². The summed E-state index contributed by atoms with van der Waals surface area (Å²) in [5.41, 5.74) is 8.23. The first-order valence-electron chi connectivity index (χ1n) is 6.10. The minimum atomic E-state index is 0.348. The third-order valence-corrected chi connectivity index (χ3v) is 3.16. The Balaban J connectivity index is 1.87. The predicted molar refractivity (Wildman–Crippen MR) is 85.2 cm³/mol. The van der Waals surface area contributed by atoms with Gasteiger partial charge >= 0.3 is 0 Å². The summed E-state index contributed by atoms with van der Waals surface area (Å²) in [5, 5.41) is 4.32. The third kappa shape index (κ3) is 2.57. The van der Waals surface area contributed by atoms with Gasteiger partial charge in [0.15, 0.2) is 0 Å². The van der Waals surface area contributed by atoms with Crippen LogP contribution in [0.3, 0.4) is 0 Å². The number of hydrogen-bond acceptors (Lipinski definition) is 4. The zero-order valence-electron chi connectivity index (χ0n) is 10.6. The van der Waals surface area contributed by atoms with Crippen LogP contribution in [0.2, 0.25) is 0 Å². The first kappa shape index (κ1) is 12.5. The van der Waals surface area contributed by atoms with E-state index in [1.165, 1.54) is 0 Å². The van der Waals surface area contributed by atoms with E-state index in [1.807, 2.05) is 42.5 Å². The lowest BCUT2D eigenvalue weighted by molar-refractivity contribution is 1.30. The Hall–Kier alpha value is -2.53. The van der Waals surface area contributed by atoms with Gasteiger partial charge in [-0.3, -0.25) is 4.98 Å². The molecular formula is C15H12N4S. The van der Waals surface area contributed by atoms with Gasteiger partial charge < -0.3 is 11.1 Å². The summed E-state index contributed by atoms with van der Waals surface area (Å²) in [4.78, 5) is 8.92. The molecule has 3 aromatic rings. The van der Waals surface area contributed by atoms with Gasteiger partial charge in [0, 0.05) is 29.0 Å². The molecule has 0 radical (unpaired) electrons. The first-order chi connectivity index (χ1) is 9.72. The van der Waals surface area contributed by atoms with Crippen LogP contribution in [-0.2, 0) is 0 Å². The molecule has 1 aromatic carbocycles. The monoisotopic (exact) mass is 280 g/mol. The molecule has 3 rings (SSSR count). The number of hydrogen-bond donors (Lipinski definition) is 2. The van der Waals surface area contributed by atoms with Crippen LogP contribution in [0.5, 0.6) is 0 Å². The molecule has 0 atom stereocenters. The Kier molecular flexibility index (Phi) is 3.26. The van der Waals surface area contributed by atoms with Gasteiger partial charge in [-0.05, 0) is 36.4 Å². The average Bonchev–Trinajstić information content (AvgIpc) is 2.48. The van der Waals surface area contributed by atoms with Gasteiger partial charge in [-0.15, -0.1) is 0 Å². The Morgan fingerprint density at radius 3 is 2.75 bits per heavy atom. The maximum atomic E-state index is 5.54. The second-order valence-electron chi connectivity index (χ2n) is 4.33. The molecule has 0 amide bonds. The molecule has 2 aromatic heterocycles. The minimum Gasteiger partial charge on any atom is -0.389 e. The van der Waals surface area contributed by atoms with Crippen LogP contribution < -0.4 is 11.1 Å². The molecule has 4 nitrogen and oxygen atoms in total. The van der Waals surface area contributed by atoms with E-state index < -0.39 is 0 Å². The number of pyridine rings is 2. The van der Waals surface area contributed by atoms with Crippen molar-refractivity contribution in [2.24, 2.45) is 5.73 Å². The fourth-order valence-electron chi connectivity index (χ4n) is 1.91. The summed E-state index contributed by atoms with van der Waals surface area (Å²) < 4.78 is 0. The Morgan fingerprint density at radius 2 is 2.00 bits per heavy atom. The second-order valence-corrected chi connectivity index (χ2v) is 4.77. The molecule has 0 fully saturated rings. The van der Waals surface area contributed by atoms with Crippen molar-refractivity contribution >= 4 is 39.6 Å². The molecule has 0 saturated carbocycles. The highest BCUT2D eigenvalue weighted by molar-refractivity contribution is 7.80. The normalized spacial score (nSPS) is 10.4. The zero-order valence-corrected chi connectivity index (χ0v) is 11.4. The SMILES string of the molecule is NC(=S)c1ccc(Nc2ccc3ncccc3c2)nc1. The summed E-state index contributed by atoms with van der Waals surface area (Å²) in [6.07, 6.45) is 3.44. The molecule has 5 heteroatoms. The third-order valence-electron chi connectivity index (χ3n) is 2.92. The summed E-state index contributed by atoms with van der Waals surface area (Å²) >= 11 is 4.90. The van der Waals surface area contributed by atoms with Crippen LogP contribution in [0.15, 0.2) is 54.9 Å². The van der Waals surface area contributed by atoms with Crippen LogP contribution in [0, 0.1) is 0 Å². The molecular weight excluding hydrogens is 268 g/mol. The van der Waals surface area contributed by atoms with Crippen LogP contribution in [0.4, 0.5) is 11.5 Å². The second kappa shape index (κ2) is 5.22. The van der Waals surface area contributed by atoms with E-state index in [4.69, 9.17) is 18.0 Å². The molecule has 0 bridgehead atoms. The molecule has 98 valence electrons. The molecule has 20 heavy (non-hydrogen) atoms. The number of benzene rings is 1. The highest BCUT2D eigenvalue weighted by Crippen LogP contribution is 2.20. The van der Waals surface area contributed by atoms with Crippen molar-refractivity contribution in [3.8, 4) is 0 Å². The van der Waals surface area contributed by atoms with E-state index >= 15 is 0 Å². The first-order valence-corrected chi connectivity index (χ1v) is 6.51. The molecule has 2 heterocycles. The maximum absolute atomic E-state index is 5.54. The lowest BCUT2D eigenvalue weighted by atomic mass is 10.2. The van der Waals surface area contributed by atoms with Gasteiger partial charge in [-0.25, -0.2) is 4.98 Å². The molecule has 0 aliphatic rings. The summed E-state index contributed by atoms with van der Waals surface area (Å²) in [6.45, 7) is 0. The van der Waals surface area contributed by atoms with Crippen molar-refractivity contribution in [1.29, 1.82) is 0 Å². The lowest BCUT2D eigenvalue weighted by Gasteiger charge is -2.07. The van der Waals surface area contributed by atoms with Crippen molar-refractivity contribution in [1.82, 2.24) is 9.97 Å². The fourth-order valence-corrected chi connectivity index (χ4v) is 2.04. The smallest absolute Gasteiger partial charge is 0.130 e. The molecule has 0 spiro atoms. The standard InChI is InChI=1S/C15H12N4S/c16-15(20)11-3-6-14(18-9-11)19-12-4-5-13-10(8-12)2-1-7-17-13/h1-9H,(H2,16,20)(H,18,19). The molecule has 0 aliphatic carbocycles. The van der Waals surface area contributed by atoms with E-state index in [1.54, 1.807) is 12.4 Å². The molecule has 3 N–H and O–H groups in total. The minimum absolute atomic E-state index is 0.348. The van der Waals surface area contributed by atoms with Gasteiger partial charge in [0.05, 0.1) is 5.52 Å². The average molecular weight is 280 g/mol. The van der Waals surface area contributed by atoms with Crippen LogP contribution >= 0.6 is 12.2 Å². The lowest BCUT2D eigenvalue weighted by Crippen LogP contribution is -2.09. The van der Waals surface area contributed by atoms with Crippen LogP contribution in [0.1, 0.15) is 5.56 Å². The van der Waals surface area contributed by atoms with Gasteiger partial charge in [-0.1, -0.05) is 18.3 Å². The number of thiocarbonyl (C=S) groups is 1. The number of nitrogens with zero attached hydrogens (tertiary/aromatic N) is 2. The zero-order chi connectivity index (χ0) is 13.9. The van der Waals surface area contributed by atoms with Crippen molar-refractivity contribution in [3.63, 3.8) is 0 Å². The maximum Gasteiger partial charge on any atom is 0.130 e. The van der Waals surface area contributed by atoms with E-state index in [0.29, 0.717) is 4.99 Å². The Labute approximate surface area is 121 Å². The molecule has 0 unspecified atom stereocenters. The largest absolute Gasteiger partial charge is 0.389 e. The Morgan fingerprint density at radius 1 is 1.10 bits per heavy atom. The number of aromatic nitrogens is 2. The molecule has 0 saturated heterocycles. The summed E-state index contributed by atoms with van der Waals surface area (Å²) in [5.74, 6) is 0.744. The Bertz CT molecular complexity index is 768. The van der Waals surface area contributed by atoms with Gasteiger partial charge in [0.2, 0.25) is 0 Å². The molecule has 0 aliphatic heterocycles. The topological polar surface area (TPSA) is 63.8 Å². The fraction of sp³-hybridized carbons (Fsp3) is 0. The van der Waals surface area contributed by atoms with Gasteiger partial charge in [-0.2, -0.15) is 0 Å². The van der Waals surface area contributed by atoms with Crippen molar-refractivity contribution in [2.75, 3.05) is 5.32 Å². The summed E-state index contributed by atoms with van der Waals surface area (Å²) in [7, 11) is 0. The van der Waals surface area contributed by atoms with E-state index in [0.717, 1.165) is 28.0 Å². The van der Waals surface area contributed by atoms with E-state index in [9.17, 15) is 0 Å². The van der Waals surface area contributed by atoms with Gasteiger partial charge in [0.1, 0.15) is 10.8 Å². The quantitative estimate of drug-likeness (QED) is 0.722. The predicted octanol–water partition coefficient (Wildman–Crippen LogP) is 3.01. The van der Waals surface area contributed by atoms with Crippen molar-refractivity contribution in [3.05, 3.63) is 60.4 Å². The van der Waals surface area contributed by atoms with Crippen molar-refractivity contribution in [2.45, 2.75) is 0 Å². The summed E-state index contributed by atoms with van der Waals surface area (Å²) in [6, 6.07) is 13.6. The highest BCUT2D eigenvalue weighted by atomic mass is 32.1. The van der Waals surface area contributed by atoms with Crippen LogP contribution in [0.25, 0.3) is 10.9 Å². The highest BCUT2D eigenvalue weighted by Gasteiger charge is 2.00. The van der Waals surface area contributed by atoms with Gasteiger partial charge in [0.25, 0.3) is 0 Å². The number of nitrogens with two attached hydrogens (primary N) is 1. The number of rotatable bonds is 3. The number of fused-ring (bicyclic) bond motifs is 1. The number of nitrogens with one attached hydrogen (secondary N) is 1.